The largest absolute Gasteiger partial charge is 0.304 e. The van der Waals surface area contributed by atoms with Crippen LogP contribution < -0.4 is 5.32 Å². The van der Waals surface area contributed by atoms with Gasteiger partial charge in [-0.25, -0.2) is 0 Å². The third-order valence-corrected chi connectivity index (χ3v) is 4.57. The number of nitrogens with one attached hydrogen (secondary N) is 1. The molecule has 0 aliphatic carbocycles. The fourth-order valence-corrected chi connectivity index (χ4v) is 3.11. The van der Waals surface area contributed by atoms with Crippen LogP contribution in [0.3, 0.4) is 0 Å². The maximum atomic E-state index is 11.9. The minimum Gasteiger partial charge on any atom is -0.304 e. The Morgan fingerprint density at radius 1 is 1.50 bits per heavy atom. The SMILES string of the molecule is C[C@@H](Sc1ccc(Cl)cc1)C(=O)NC1=NCCS1. The molecule has 18 heavy (non-hydrogen) atoms. The van der Waals surface area contributed by atoms with Crippen molar-refractivity contribution in [2.75, 3.05) is 12.3 Å². The number of hydrogen-bond donors (Lipinski definition) is 1. The average molecular weight is 301 g/mol. The number of rotatable bonds is 3. The second-order valence-electron chi connectivity index (χ2n) is 3.74. The van der Waals surface area contributed by atoms with E-state index in [-0.39, 0.29) is 11.2 Å². The van der Waals surface area contributed by atoms with Crippen LogP contribution in [0.1, 0.15) is 6.92 Å². The standard InChI is InChI=1S/C12H13ClN2OS2/c1-8(11(16)15-12-14-6-7-17-12)18-10-4-2-9(13)3-5-10/h2-5,8H,6-7H2,1H3,(H,14,15,16)/t8-/m1/s1. The molecule has 0 saturated heterocycles. The summed E-state index contributed by atoms with van der Waals surface area (Å²) in [6.45, 7) is 2.67. The van der Waals surface area contributed by atoms with Gasteiger partial charge in [-0.15, -0.1) is 11.8 Å². The summed E-state index contributed by atoms with van der Waals surface area (Å²) in [7, 11) is 0. The summed E-state index contributed by atoms with van der Waals surface area (Å²) in [4.78, 5) is 17.1. The van der Waals surface area contributed by atoms with Gasteiger partial charge in [0.2, 0.25) is 5.91 Å². The Morgan fingerprint density at radius 3 is 2.83 bits per heavy atom. The zero-order valence-electron chi connectivity index (χ0n) is 9.85. The summed E-state index contributed by atoms with van der Waals surface area (Å²) in [6, 6.07) is 7.48. The van der Waals surface area contributed by atoms with Gasteiger partial charge in [0.25, 0.3) is 0 Å². The molecule has 1 atom stereocenters. The van der Waals surface area contributed by atoms with Crippen molar-refractivity contribution in [1.82, 2.24) is 5.32 Å². The van der Waals surface area contributed by atoms with E-state index in [9.17, 15) is 4.79 Å². The number of hydrogen-bond acceptors (Lipinski definition) is 4. The van der Waals surface area contributed by atoms with E-state index < -0.39 is 0 Å². The minimum atomic E-state index is -0.157. The molecule has 0 aromatic heterocycles. The highest BCUT2D eigenvalue weighted by atomic mass is 35.5. The summed E-state index contributed by atoms with van der Waals surface area (Å²) < 4.78 is 0. The van der Waals surface area contributed by atoms with Crippen LogP contribution in [-0.4, -0.2) is 28.6 Å². The highest BCUT2D eigenvalue weighted by Gasteiger charge is 2.17. The van der Waals surface area contributed by atoms with Gasteiger partial charge < -0.3 is 5.32 Å². The Hall–Kier alpha value is -0.650. The lowest BCUT2D eigenvalue weighted by Gasteiger charge is -2.11. The van der Waals surface area contributed by atoms with Crippen molar-refractivity contribution in [3.8, 4) is 0 Å². The van der Waals surface area contributed by atoms with E-state index >= 15 is 0 Å². The fourth-order valence-electron chi connectivity index (χ4n) is 1.39. The molecule has 2 rings (SSSR count). The monoisotopic (exact) mass is 300 g/mol. The molecule has 3 nitrogen and oxygen atoms in total. The highest BCUT2D eigenvalue weighted by Crippen LogP contribution is 2.25. The predicted octanol–water partition coefficient (Wildman–Crippen LogP) is 3.04. The topological polar surface area (TPSA) is 41.5 Å². The van der Waals surface area contributed by atoms with Gasteiger partial charge in [0, 0.05) is 15.7 Å². The molecule has 1 aromatic rings. The van der Waals surface area contributed by atoms with Crippen LogP contribution in [0.5, 0.6) is 0 Å². The van der Waals surface area contributed by atoms with Gasteiger partial charge in [0.15, 0.2) is 5.17 Å². The first-order chi connectivity index (χ1) is 8.65. The van der Waals surface area contributed by atoms with Crippen molar-refractivity contribution in [2.24, 2.45) is 4.99 Å². The first kappa shape index (κ1) is 13.8. The van der Waals surface area contributed by atoms with E-state index in [2.05, 4.69) is 10.3 Å². The Kier molecular flexibility index (Phi) is 4.97. The molecule has 1 N–H and O–H groups in total. The van der Waals surface area contributed by atoms with Gasteiger partial charge in [-0.1, -0.05) is 23.4 Å². The quantitative estimate of drug-likeness (QED) is 0.872. The van der Waals surface area contributed by atoms with Gasteiger partial charge in [0.1, 0.15) is 0 Å². The van der Waals surface area contributed by atoms with Gasteiger partial charge >= 0.3 is 0 Å². The van der Waals surface area contributed by atoms with E-state index in [0.717, 1.165) is 22.4 Å². The first-order valence-corrected chi connectivity index (χ1v) is 7.80. The van der Waals surface area contributed by atoms with Gasteiger partial charge in [-0.2, -0.15) is 0 Å². The number of nitrogens with zero attached hydrogens (tertiary/aromatic N) is 1. The Bertz CT molecular complexity index is 462. The van der Waals surface area contributed by atoms with Gasteiger partial charge in [-0.3, -0.25) is 9.79 Å². The number of amidine groups is 1. The van der Waals surface area contributed by atoms with Crippen molar-refractivity contribution in [2.45, 2.75) is 17.1 Å². The van der Waals surface area contributed by atoms with Crippen molar-refractivity contribution in [1.29, 1.82) is 0 Å². The Balaban J connectivity index is 1.88. The third kappa shape index (κ3) is 3.93. The summed E-state index contributed by atoms with van der Waals surface area (Å²) in [6.07, 6.45) is 0. The highest BCUT2D eigenvalue weighted by molar-refractivity contribution is 8.14. The zero-order chi connectivity index (χ0) is 13.0. The van der Waals surface area contributed by atoms with Crippen LogP contribution in [0.15, 0.2) is 34.2 Å². The number of amides is 1. The molecule has 0 bridgehead atoms. The van der Waals surface area contributed by atoms with Crippen molar-refractivity contribution in [3.05, 3.63) is 29.3 Å². The molecule has 0 spiro atoms. The minimum absolute atomic E-state index is 0.0110. The van der Waals surface area contributed by atoms with Gasteiger partial charge in [0.05, 0.1) is 11.8 Å². The summed E-state index contributed by atoms with van der Waals surface area (Å²) in [5.74, 6) is 0.942. The van der Waals surface area contributed by atoms with Crippen LogP contribution in [0.2, 0.25) is 5.02 Å². The van der Waals surface area contributed by atoms with Crippen molar-refractivity contribution >= 4 is 46.2 Å². The fraction of sp³-hybridized carbons (Fsp3) is 0.333. The molecule has 0 fully saturated rings. The first-order valence-electron chi connectivity index (χ1n) is 5.55. The lowest BCUT2D eigenvalue weighted by atomic mass is 10.4. The van der Waals surface area contributed by atoms with E-state index in [1.54, 1.807) is 11.8 Å². The second kappa shape index (κ2) is 6.50. The molecule has 1 amide bonds. The summed E-state index contributed by atoms with van der Waals surface area (Å²) in [5, 5.41) is 4.12. The van der Waals surface area contributed by atoms with Gasteiger partial charge in [-0.05, 0) is 31.2 Å². The summed E-state index contributed by atoms with van der Waals surface area (Å²) >= 11 is 8.91. The number of carbonyl (C=O) groups excluding carboxylic acids is 1. The van der Waals surface area contributed by atoms with E-state index in [0.29, 0.717) is 5.02 Å². The number of thioether (sulfide) groups is 2. The van der Waals surface area contributed by atoms with E-state index in [1.165, 1.54) is 11.8 Å². The second-order valence-corrected chi connectivity index (χ2v) is 6.67. The van der Waals surface area contributed by atoms with Crippen LogP contribution in [0.25, 0.3) is 0 Å². The molecule has 6 heteroatoms. The lowest BCUT2D eigenvalue weighted by molar-refractivity contribution is -0.118. The molecule has 1 aromatic carbocycles. The molecule has 96 valence electrons. The number of carbonyl (C=O) groups is 1. The number of benzene rings is 1. The zero-order valence-corrected chi connectivity index (χ0v) is 12.2. The third-order valence-electron chi connectivity index (χ3n) is 2.31. The van der Waals surface area contributed by atoms with Crippen molar-refractivity contribution in [3.63, 3.8) is 0 Å². The maximum Gasteiger partial charge on any atom is 0.239 e. The molecule has 1 aliphatic heterocycles. The number of aliphatic imine (C=N–C) groups is 1. The van der Waals surface area contributed by atoms with Crippen LogP contribution in [-0.2, 0) is 4.79 Å². The van der Waals surface area contributed by atoms with Crippen LogP contribution >= 0.6 is 35.1 Å². The molecule has 0 saturated carbocycles. The molecular formula is C12H13ClN2OS2. The Morgan fingerprint density at radius 2 is 2.22 bits per heavy atom. The van der Waals surface area contributed by atoms with Crippen molar-refractivity contribution < 1.29 is 4.79 Å². The van der Waals surface area contributed by atoms with Crippen LogP contribution in [0.4, 0.5) is 0 Å². The molecule has 1 aliphatic rings. The molecule has 0 radical (unpaired) electrons. The average Bonchev–Trinajstić information content (AvgIpc) is 2.85. The normalized spacial score (nSPS) is 16.2. The maximum absolute atomic E-state index is 11.9. The van der Waals surface area contributed by atoms with E-state index in [1.807, 2.05) is 31.2 Å². The molecule has 0 unspecified atom stereocenters. The smallest absolute Gasteiger partial charge is 0.239 e. The molecule has 1 heterocycles. The van der Waals surface area contributed by atoms with E-state index in [4.69, 9.17) is 11.6 Å². The predicted molar refractivity (Wildman–Crippen MR) is 79.7 cm³/mol. The molecular weight excluding hydrogens is 288 g/mol. The lowest BCUT2D eigenvalue weighted by Crippen LogP contribution is -2.33. The Labute approximate surface area is 120 Å². The summed E-state index contributed by atoms with van der Waals surface area (Å²) in [5.41, 5.74) is 0. The number of halogens is 1. The van der Waals surface area contributed by atoms with Crippen LogP contribution in [0, 0.1) is 0 Å².